The number of pyridine rings is 3. The monoisotopic (exact) mass is 399 g/mol. The van der Waals surface area contributed by atoms with Crippen molar-refractivity contribution in [1.82, 2.24) is 24.7 Å². The van der Waals surface area contributed by atoms with Crippen molar-refractivity contribution < 1.29 is 9.59 Å². The zero-order valence-electron chi connectivity index (χ0n) is 16.0. The van der Waals surface area contributed by atoms with E-state index in [0.717, 1.165) is 0 Å². The van der Waals surface area contributed by atoms with Gasteiger partial charge in [-0.05, 0) is 36.4 Å². The minimum Gasteiger partial charge on any atom is -0.364 e. The fourth-order valence-electron chi connectivity index (χ4n) is 2.90. The summed E-state index contributed by atoms with van der Waals surface area (Å²) in [5.74, 6) is -1.03. The highest BCUT2D eigenvalue weighted by Crippen LogP contribution is 2.25. The van der Waals surface area contributed by atoms with Gasteiger partial charge in [0.1, 0.15) is 17.1 Å². The van der Waals surface area contributed by atoms with Crippen molar-refractivity contribution in [2.75, 3.05) is 5.32 Å². The summed E-state index contributed by atoms with van der Waals surface area (Å²) in [7, 11) is 1.76. The van der Waals surface area contributed by atoms with Gasteiger partial charge in [-0.3, -0.25) is 24.2 Å². The molecule has 0 spiro atoms. The Balaban J connectivity index is 1.62. The number of hydrogen-bond donors (Lipinski definition) is 2. The van der Waals surface area contributed by atoms with Crippen LogP contribution in [0, 0.1) is 0 Å². The third-order valence-corrected chi connectivity index (χ3v) is 4.27. The lowest BCUT2D eigenvalue weighted by molar-refractivity contribution is 0.0993. The van der Waals surface area contributed by atoms with Gasteiger partial charge < -0.3 is 11.1 Å². The van der Waals surface area contributed by atoms with E-state index in [-0.39, 0.29) is 11.4 Å². The van der Waals surface area contributed by atoms with Crippen LogP contribution in [-0.4, -0.2) is 36.5 Å². The molecule has 0 atom stereocenters. The summed E-state index contributed by atoms with van der Waals surface area (Å²) in [4.78, 5) is 36.9. The number of hydrogen-bond acceptors (Lipinski definition) is 6. The Labute approximate surface area is 171 Å². The number of nitrogens with zero attached hydrogens (tertiary/aromatic N) is 5. The normalized spacial score (nSPS) is 10.6. The predicted octanol–water partition coefficient (Wildman–Crippen LogP) is 2.29. The van der Waals surface area contributed by atoms with Crippen LogP contribution in [0.15, 0.2) is 67.1 Å². The maximum Gasteiger partial charge on any atom is 0.274 e. The first kappa shape index (κ1) is 18.9. The summed E-state index contributed by atoms with van der Waals surface area (Å²) < 4.78 is 1.60. The first-order valence-corrected chi connectivity index (χ1v) is 9.01. The summed E-state index contributed by atoms with van der Waals surface area (Å²) in [6.45, 7) is 0. The summed E-state index contributed by atoms with van der Waals surface area (Å²) in [6, 6.07) is 13.8. The first-order valence-electron chi connectivity index (χ1n) is 9.01. The molecule has 0 bridgehead atoms. The van der Waals surface area contributed by atoms with Crippen LogP contribution in [0.2, 0.25) is 0 Å². The molecule has 0 aliphatic rings. The number of amides is 2. The Kier molecular flexibility index (Phi) is 5.00. The van der Waals surface area contributed by atoms with Crippen molar-refractivity contribution in [1.29, 1.82) is 0 Å². The zero-order valence-corrected chi connectivity index (χ0v) is 16.0. The second-order valence-electron chi connectivity index (χ2n) is 6.44. The smallest absolute Gasteiger partial charge is 0.274 e. The molecule has 30 heavy (non-hydrogen) atoms. The molecule has 4 aromatic rings. The fourth-order valence-corrected chi connectivity index (χ4v) is 2.90. The summed E-state index contributed by atoms with van der Waals surface area (Å²) in [6.07, 6.45) is 4.84. The molecule has 2 amide bonds. The van der Waals surface area contributed by atoms with Crippen LogP contribution in [0.4, 0.5) is 5.69 Å². The first-order chi connectivity index (χ1) is 14.5. The van der Waals surface area contributed by atoms with Crippen molar-refractivity contribution in [2.45, 2.75) is 0 Å². The van der Waals surface area contributed by atoms with Crippen LogP contribution < -0.4 is 11.1 Å². The molecule has 4 aromatic heterocycles. The second-order valence-corrected chi connectivity index (χ2v) is 6.44. The summed E-state index contributed by atoms with van der Waals surface area (Å²) >= 11 is 0. The average Bonchev–Trinajstić information content (AvgIpc) is 3.14. The minimum absolute atomic E-state index is 0.125. The van der Waals surface area contributed by atoms with Gasteiger partial charge in [0.15, 0.2) is 0 Å². The number of anilines is 1. The van der Waals surface area contributed by atoms with E-state index in [0.29, 0.717) is 28.3 Å². The fraction of sp³-hybridized carbons (Fsp3) is 0.0476. The van der Waals surface area contributed by atoms with E-state index in [2.05, 4.69) is 25.4 Å². The third-order valence-electron chi connectivity index (χ3n) is 4.27. The minimum atomic E-state index is -0.635. The summed E-state index contributed by atoms with van der Waals surface area (Å²) in [5, 5.41) is 7.23. The maximum atomic E-state index is 12.8. The number of carbonyl (C=O) groups excluding carboxylic acids is 2. The molecule has 3 N–H and O–H groups in total. The molecular formula is C21H17N7O2. The molecule has 0 saturated carbocycles. The number of rotatable bonds is 5. The van der Waals surface area contributed by atoms with Crippen LogP contribution in [0.3, 0.4) is 0 Å². The van der Waals surface area contributed by atoms with Crippen molar-refractivity contribution in [3.05, 3.63) is 78.5 Å². The molecule has 0 radical (unpaired) electrons. The summed E-state index contributed by atoms with van der Waals surface area (Å²) in [5.41, 5.74) is 8.49. The molecule has 4 heterocycles. The molecule has 9 nitrogen and oxygen atoms in total. The molecule has 9 heteroatoms. The van der Waals surface area contributed by atoms with Crippen LogP contribution in [0.5, 0.6) is 0 Å². The third kappa shape index (κ3) is 3.90. The topological polar surface area (TPSA) is 129 Å². The van der Waals surface area contributed by atoms with Gasteiger partial charge in [-0.25, -0.2) is 4.98 Å². The molecule has 0 aliphatic carbocycles. The van der Waals surface area contributed by atoms with E-state index in [1.807, 2.05) is 18.2 Å². The van der Waals surface area contributed by atoms with Crippen molar-refractivity contribution in [3.63, 3.8) is 0 Å². The van der Waals surface area contributed by atoms with Gasteiger partial charge in [0.05, 0.1) is 17.1 Å². The van der Waals surface area contributed by atoms with Crippen molar-refractivity contribution in [2.24, 2.45) is 12.8 Å². The maximum absolute atomic E-state index is 12.8. The van der Waals surface area contributed by atoms with E-state index in [1.54, 1.807) is 48.4 Å². The predicted molar refractivity (Wildman–Crippen MR) is 110 cm³/mol. The van der Waals surface area contributed by atoms with E-state index in [4.69, 9.17) is 5.73 Å². The van der Waals surface area contributed by atoms with Crippen LogP contribution in [0.25, 0.3) is 22.6 Å². The van der Waals surface area contributed by atoms with Gasteiger partial charge in [-0.2, -0.15) is 5.10 Å². The van der Waals surface area contributed by atoms with Crippen LogP contribution >= 0.6 is 0 Å². The molecule has 0 fully saturated rings. The molecule has 0 saturated heterocycles. The lowest BCUT2D eigenvalue weighted by Gasteiger charge is -2.07. The standard InChI is InChI=1S/C21H17N7O2/c1-28-12-18(19(27-28)15-5-2-3-9-23-15)26-21(30)16-7-4-6-14(25-16)13-8-10-24-17(11-13)20(22)29/h2-12H,1H3,(H2,22,29)(H,26,30). The zero-order chi connectivity index (χ0) is 21.1. The van der Waals surface area contributed by atoms with E-state index in [1.165, 1.54) is 12.3 Å². The number of nitrogens with one attached hydrogen (secondary N) is 1. The Morgan fingerprint density at radius 3 is 2.57 bits per heavy atom. The molecular weight excluding hydrogens is 382 g/mol. The number of primary amides is 1. The Hall–Kier alpha value is -4.40. The SMILES string of the molecule is Cn1cc(NC(=O)c2cccc(-c3ccnc(C(N)=O)c3)n2)c(-c2ccccn2)n1. The average molecular weight is 399 g/mol. The van der Waals surface area contributed by atoms with Crippen LogP contribution in [0.1, 0.15) is 21.0 Å². The van der Waals surface area contributed by atoms with Gasteiger partial charge in [0, 0.05) is 31.2 Å². The molecule has 0 unspecified atom stereocenters. The highest BCUT2D eigenvalue weighted by atomic mass is 16.2. The highest BCUT2D eigenvalue weighted by molar-refractivity contribution is 6.04. The molecule has 148 valence electrons. The van der Waals surface area contributed by atoms with E-state index >= 15 is 0 Å². The second kappa shape index (κ2) is 7.92. The molecule has 4 rings (SSSR count). The van der Waals surface area contributed by atoms with Gasteiger partial charge in [-0.1, -0.05) is 12.1 Å². The number of carbonyl (C=O) groups is 2. The molecule has 0 aliphatic heterocycles. The van der Waals surface area contributed by atoms with Crippen molar-refractivity contribution >= 4 is 17.5 Å². The lowest BCUT2D eigenvalue weighted by Crippen LogP contribution is -2.14. The van der Waals surface area contributed by atoms with Gasteiger partial charge in [-0.15, -0.1) is 0 Å². The van der Waals surface area contributed by atoms with Gasteiger partial charge in [0.25, 0.3) is 11.8 Å². The molecule has 0 aromatic carbocycles. The van der Waals surface area contributed by atoms with Gasteiger partial charge >= 0.3 is 0 Å². The van der Waals surface area contributed by atoms with Crippen LogP contribution in [-0.2, 0) is 7.05 Å². The number of aryl methyl sites for hydroxylation is 1. The van der Waals surface area contributed by atoms with Gasteiger partial charge in [0.2, 0.25) is 0 Å². The lowest BCUT2D eigenvalue weighted by atomic mass is 10.1. The highest BCUT2D eigenvalue weighted by Gasteiger charge is 2.16. The number of aromatic nitrogens is 5. The quantitative estimate of drug-likeness (QED) is 0.530. The van der Waals surface area contributed by atoms with E-state index in [9.17, 15) is 9.59 Å². The largest absolute Gasteiger partial charge is 0.364 e. The Morgan fingerprint density at radius 2 is 1.80 bits per heavy atom. The van der Waals surface area contributed by atoms with E-state index < -0.39 is 11.8 Å². The Morgan fingerprint density at radius 1 is 0.967 bits per heavy atom. The number of nitrogens with two attached hydrogens (primary N) is 1. The Bertz CT molecular complexity index is 1240. The van der Waals surface area contributed by atoms with Crippen molar-refractivity contribution in [3.8, 4) is 22.6 Å².